The number of anilines is 4. The molecule has 0 spiro atoms. The van der Waals surface area contributed by atoms with E-state index in [1.54, 1.807) is 0 Å². The summed E-state index contributed by atoms with van der Waals surface area (Å²) in [7, 11) is 0. The highest BCUT2D eigenvalue weighted by atomic mass is 15.1. The maximum absolute atomic E-state index is 2.54. The lowest BCUT2D eigenvalue weighted by Gasteiger charge is -2.32. The Balaban J connectivity index is 1.31. The van der Waals surface area contributed by atoms with Crippen molar-refractivity contribution in [3.8, 4) is 22.3 Å². The molecule has 50 heavy (non-hydrogen) atoms. The van der Waals surface area contributed by atoms with Crippen molar-refractivity contribution >= 4 is 55.1 Å². The first kappa shape index (κ1) is 29.1. The molecule has 2 heterocycles. The Kier molecular flexibility index (Phi) is 6.94. The maximum atomic E-state index is 2.54. The van der Waals surface area contributed by atoms with Crippen LogP contribution in [0.25, 0.3) is 54.6 Å². The summed E-state index contributed by atoms with van der Waals surface area (Å²) >= 11 is 0. The number of hydrogen-bond donors (Lipinski definition) is 0. The zero-order chi connectivity index (χ0) is 33.0. The number of para-hydroxylation sites is 2. The molecule has 2 aliphatic heterocycles. The van der Waals surface area contributed by atoms with E-state index in [1.807, 2.05) is 0 Å². The van der Waals surface area contributed by atoms with Gasteiger partial charge in [-0.15, -0.1) is 0 Å². The third kappa shape index (κ3) is 4.70. The van der Waals surface area contributed by atoms with Crippen molar-refractivity contribution in [1.82, 2.24) is 0 Å². The van der Waals surface area contributed by atoms with E-state index in [2.05, 4.69) is 168 Å². The van der Waals surface area contributed by atoms with Gasteiger partial charge in [0.2, 0.25) is 0 Å². The molecule has 0 unspecified atom stereocenters. The second-order valence-electron chi connectivity index (χ2n) is 13.9. The van der Waals surface area contributed by atoms with Gasteiger partial charge in [0, 0.05) is 35.8 Å². The fourth-order valence-corrected chi connectivity index (χ4v) is 8.79. The van der Waals surface area contributed by atoms with Crippen LogP contribution in [0.3, 0.4) is 0 Å². The molecule has 0 bridgehead atoms. The van der Waals surface area contributed by atoms with Gasteiger partial charge in [-0.3, -0.25) is 0 Å². The van der Waals surface area contributed by atoms with E-state index in [4.69, 9.17) is 0 Å². The van der Waals surface area contributed by atoms with Crippen LogP contribution >= 0.6 is 0 Å². The number of rotatable bonds is 4. The van der Waals surface area contributed by atoms with E-state index in [1.165, 1.54) is 88.4 Å². The van der Waals surface area contributed by atoms with Crippen LogP contribution in [0.15, 0.2) is 158 Å². The molecule has 0 saturated heterocycles. The Bertz CT molecular complexity index is 2560. The number of hydrogen-bond acceptors (Lipinski definition) is 2. The van der Waals surface area contributed by atoms with Gasteiger partial charge in [-0.05, 0) is 128 Å². The first-order valence-electron chi connectivity index (χ1n) is 18.1. The first-order valence-corrected chi connectivity index (χ1v) is 18.1. The van der Waals surface area contributed by atoms with Crippen LogP contribution in [0.1, 0.15) is 24.0 Å². The van der Waals surface area contributed by atoms with Gasteiger partial charge in [-0.25, -0.2) is 0 Å². The minimum Gasteiger partial charge on any atom is -0.341 e. The largest absolute Gasteiger partial charge is 0.341 e. The Labute approximate surface area is 293 Å². The summed E-state index contributed by atoms with van der Waals surface area (Å²) in [6.07, 6.45) is 4.58. The van der Waals surface area contributed by atoms with E-state index in [9.17, 15) is 0 Å². The summed E-state index contributed by atoms with van der Waals surface area (Å²) in [5, 5.41) is 7.72. The molecule has 0 fully saturated rings. The molecule has 0 aromatic heterocycles. The van der Waals surface area contributed by atoms with Crippen molar-refractivity contribution in [3.05, 3.63) is 169 Å². The van der Waals surface area contributed by atoms with Crippen LogP contribution < -0.4 is 9.80 Å². The van der Waals surface area contributed by atoms with Crippen molar-refractivity contribution in [1.29, 1.82) is 0 Å². The zero-order valence-electron chi connectivity index (χ0n) is 28.1. The van der Waals surface area contributed by atoms with E-state index < -0.39 is 0 Å². The summed E-state index contributed by atoms with van der Waals surface area (Å²) in [6, 6.07) is 59.1. The van der Waals surface area contributed by atoms with Crippen molar-refractivity contribution in [2.45, 2.75) is 25.7 Å². The lowest BCUT2D eigenvalue weighted by atomic mass is 9.84. The molecule has 8 aromatic carbocycles. The lowest BCUT2D eigenvalue weighted by molar-refractivity contribution is 0.767. The SMILES string of the molecule is c1ccc(-c2c3cc(N4CCCc5ccccc54)ccc3c(-c3cccc4ccccc34)c3cc(N4CCCc5ccccc54)ccc23)cc1. The molecule has 2 heteroatoms. The van der Waals surface area contributed by atoms with Crippen LogP contribution in [0.4, 0.5) is 22.7 Å². The minimum absolute atomic E-state index is 1.02. The Morgan fingerprint density at radius 3 is 1.60 bits per heavy atom. The molecule has 2 nitrogen and oxygen atoms in total. The molecule has 0 atom stereocenters. The molecule has 0 saturated carbocycles. The second kappa shape index (κ2) is 11.9. The first-order chi connectivity index (χ1) is 24.8. The van der Waals surface area contributed by atoms with Gasteiger partial charge in [0.05, 0.1) is 0 Å². The van der Waals surface area contributed by atoms with Crippen molar-refractivity contribution in [2.24, 2.45) is 0 Å². The number of fused-ring (bicyclic) bond motifs is 5. The lowest BCUT2D eigenvalue weighted by Crippen LogP contribution is -2.24. The Hall–Kier alpha value is -5.86. The normalized spacial score (nSPS) is 14.2. The summed E-state index contributed by atoms with van der Waals surface area (Å²) in [4.78, 5) is 5.07. The van der Waals surface area contributed by atoms with Gasteiger partial charge in [-0.2, -0.15) is 0 Å². The predicted octanol–water partition coefficient (Wildman–Crippen LogP) is 12.6. The molecule has 10 rings (SSSR count). The smallest absolute Gasteiger partial charge is 0.0443 e. The fraction of sp³-hybridized carbons (Fsp3) is 0.125. The average Bonchev–Trinajstić information content (AvgIpc) is 3.19. The van der Waals surface area contributed by atoms with E-state index >= 15 is 0 Å². The minimum atomic E-state index is 1.02. The van der Waals surface area contributed by atoms with Crippen molar-refractivity contribution in [3.63, 3.8) is 0 Å². The third-order valence-corrected chi connectivity index (χ3v) is 11.0. The van der Waals surface area contributed by atoms with E-state index in [0.717, 1.165) is 38.8 Å². The Morgan fingerprint density at radius 2 is 0.920 bits per heavy atom. The van der Waals surface area contributed by atoms with Crippen molar-refractivity contribution in [2.75, 3.05) is 22.9 Å². The van der Waals surface area contributed by atoms with Crippen LogP contribution in [-0.2, 0) is 12.8 Å². The number of aryl methyl sites for hydroxylation is 2. The Morgan fingerprint density at radius 1 is 0.380 bits per heavy atom. The maximum Gasteiger partial charge on any atom is 0.0443 e. The standard InChI is InChI=1S/C48H38N2/c1-2-16-36(17-3-1)47-41-27-25-38(50-30-12-20-35-15-6-9-24-46(35)50)32-44(41)48(40-22-10-18-33-13-4-7-21-39(33)40)42-28-26-37(31-43(42)47)49-29-11-19-34-14-5-8-23-45(34)49/h1-10,13-18,21-28,31-32H,11-12,19-20,29-30H2. The monoisotopic (exact) mass is 642 g/mol. The molecule has 8 aromatic rings. The second-order valence-corrected chi connectivity index (χ2v) is 13.9. The molecule has 0 N–H and O–H groups in total. The molecule has 0 aliphatic carbocycles. The van der Waals surface area contributed by atoms with Crippen LogP contribution in [0.5, 0.6) is 0 Å². The quantitative estimate of drug-likeness (QED) is 0.176. The van der Waals surface area contributed by atoms with E-state index in [-0.39, 0.29) is 0 Å². The van der Waals surface area contributed by atoms with Crippen LogP contribution in [0.2, 0.25) is 0 Å². The summed E-state index contributed by atoms with van der Waals surface area (Å²) in [5.41, 5.74) is 13.2. The van der Waals surface area contributed by atoms with Gasteiger partial charge in [-0.1, -0.05) is 121 Å². The topological polar surface area (TPSA) is 6.48 Å². The molecular formula is C48H38N2. The third-order valence-electron chi connectivity index (χ3n) is 11.0. The van der Waals surface area contributed by atoms with Gasteiger partial charge >= 0.3 is 0 Å². The highest BCUT2D eigenvalue weighted by Crippen LogP contribution is 2.48. The average molecular weight is 643 g/mol. The van der Waals surface area contributed by atoms with E-state index in [0.29, 0.717) is 0 Å². The fourth-order valence-electron chi connectivity index (χ4n) is 8.79. The number of nitrogens with zero attached hydrogens (tertiary/aromatic N) is 2. The van der Waals surface area contributed by atoms with Gasteiger partial charge < -0.3 is 9.80 Å². The molecule has 240 valence electrons. The summed E-state index contributed by atoms with van der Waals surface area (Å²) < 4.78 is 0. The highest BCUT2D eigenvalue weighted by Gasteiger charge is 2.24. The highest BCUT2D eigenvalue weighted by molar-refractivity contribution is 6.24. The van der Waals surface area contributed by atoms with Crippen LogP contribution in [-0.4, -0.2) is 13.1 Å². The van der Waals surface area contributed by atoms with Gasteiger partial charge in [0.15, 0.2) is 0 Å². The molecule has 2 aliphatic rings. The molecule has 0 amide bonds. The van der Waals surface area contributed by atoms with Crippen molar-refractivity contribution < 1.29 is 0 Å². The van der Waals surface area contributed by atoms with Crippen LogP contribution in [0, 0.1) is 0 Å². The van der Waals surface area contributed by atoms with Gasteiger partial charge in [0.1, 0.15) is 0 Å². The predicted molar refractivity (Wildman–Crippen MR) is 213 cm³/mol. The number of benzene rings is 8. The summed E-state index contributed by atoms with van der Waals surface area (Å²) in [5.74, 6) is 0. The molecular weight excluding hydrogens is 605 g/mol. The van der Waals surface area contributed by atoms with Gasteiger partial charge in [0.25, 0.3) is 0 Å². The zero-order valence-corrected chi connectivity index (χ0v) is 28.1. The molecule has 0 radical (unpaired) electrons. The summed E-state index contributed by atoms with van der Waals surface area (Å²) in [6.45, 7) is 2.04.